The van der Waals surface area contributed by atoms with E-state index in [1.807, 2.05) is 23.1 Å². The molecule has 1 aromatic rings. The molecule has 23 heavy (non-hydrogen) atoms. The molecule has 2 heterocycles. The molecule has 3 rings (SSSR count). The molecule has 2 saturated heterocycles. The summed E-state index contributed by atoms with van der Waals surface area (Å²) in [5, 5.41) is 1.51. The number of nitrogens with zero attached hydrogens (tertiary/aromatic N) is 2. The maximum absolute atomic E-state index is 12.5. The molecule has 2 aliphatic heterocycles. The van der Waals surface area contributed by atoms with Crippen LogP contribution >= 0.6 is 0 Å². The Labute approximate surface area is 137 Å². The van der Waals surface area contributed by atoms with Gasteiger partial charge >= 0.3 is 0 Å². The molecule has 0 unspecified atom stereocenters. The molecular formula is C18H24N2O3. The van der Waals surface area contributed by atoms with Gasteiger partial charge in [-0.3, -0.25) is 14.4 Å². The van der Waals surface area contributed by atoms with Crippen molar-refractivity contribution in [3.63, 3.8) is 0 Å². The van der Waals surface area contributed by atoms with Crippen molar-refractivity contribution in [3.8, 4) is 0 Å². The Kier molecular flexibility index (Phi) is 5.28. The van der Waals surface area contributed by atoms with Gasteiger partial charge in [-0.15, -0.1) is 0 Å². The Morgan fingerprint density at radius 1 is 1.22 bits per heavy atom. The highest BCUT2D eigenvalue weighted by Crippen LogP contribution is 2.22. The standard InChI is InChI=1S/C18H24N2O3/c21-17-9-8-16(18(22)20-11-4-5-13-23-20)14-19(17)12-10-15-6-2-1-3-7-15/h1-3,6-7,16H,4-5,8-14H2/t16-/m0/s1. The predicted octanol–water partition coefficient (Wildman–Crippen LogP) is 2.02. The van der Waals surface area contributed by atoms with E-state index in [0.29, 0.717) is 39.1 Å². The lowest BCUT2D eigenvalue weighted by Crippen LogP contribution is -2.48. The van der Waals surface area contributed by atoms with Crippen LogP contribution in [-0.2, 0) is 20.8 Å². The summed E-state index contributed by atoms with van der Waals surface area (Å²) in [5.41, 5.74) is 1.22. The number of carbonyl (C=O) groups is 2. The highest BCUT2D eigenvalue weighted by atomic mass is 16.7. The van der Waals surface area contributed by atoms with E-state index in [1.54, 1.807) is 0 Å². The highest BCUT2D eigenvalue weighted by molar-refractivity contribution is 5.83. The van der Waals surface area contributed by atoms with Gasteiger partial charge in [0, 0.05) is 26.1 Å². The van der Waals surface area contributed by atoms with Crippen molar-refractivity contribution in [1.29, 1.82) is 0 Å². The Bertz CT molecular complexity index is 540. The maximum atomic E-state index is 12.5. The fourth-order valence-corrected chi connectivity index (χ4v) is 3.22. The van der Waals surface area contributed by atoms with Crippen molar-refractivity contribution in [2.45, 2.75) is 32.1 Å². The summed E-state index contributed by atoms with van der Waals surface area (Å²) >= 11 is 0. The molecule has 124 valence electrons. The third-order valence-corrected chi connectivity index (χ3v) is 4.61. The number of carbonyl (C=O) groups excluding carboxylic acids is 2. The predicted molar refractivity (Wildman–Crippen MR) is 86.3 cm³/mol. The maximum Gasteiger partial charge on any atom is 0.251 e. The summed E-state index contributed by atoms with van der Waals surface area (Å²) in [7, 11) is 0. The van der Waals surface area contributed by atoms with Crippen LogP contribution in [0.3, 0.4) is 0 Å². The van der Waals surface area contributed by atoms with Gasteiger partial charge in [-0.25, -0.2) is 5.06 Å². The quantitative estimate of drug-likeness (QED) is 0.854. The molecule has 0 bridgehead atoms. The second-order valence-electron chi connectivity index (χ2n) is 6.29. The lowest BCUT2D eigenvalue weighted by Gasteiger charge is -2.35. The molecule has 2 amide bonds. The Hall–Kier alpha value is -1.88. The van der Waals surface area contributed by atoms with Crippen LogP contribution in [0.5, 0.6) is 0 Å². The van der Waals surface area contributed by atoms with Crippen LogP contribution in [0.4, 0.5) is 0 Å². The van der Waals surface area contributed by atoms with Gasteiger partial charge in [-0.2, -0.15) is 0 Å². The molecule has 0 aromatic heterocycles. The van der Waals surface area contributed by atoms with Crippen molar-refractivity contribution in [2.24, 2.45) is 5.92 Å². The van der Waals surface area contributed by atoms with Gasteiger partial charge in [0.25, 0.3) is 5.91 Å². The molecule has 5 nitrogen and oxygen atoms in total. The van der Waals surface area contributed by atoms with Gasteiger partial charge in [0.2, 0.25) is 5.91 Å². The van der Waals surface area contributed by atoms with Gasteiger partial charge in [-0.05, 0) is 31.2 Å². The summed E-state index contributed by atoms with van der Waals surface area (Å²) in [6, 6.07) is 10.1. The zero-order valence-corrected chi connectivity index (χ0v) is 13.4. The van der Waals surface area contributed by atoms with Crippen LogP contribution in [0.25, 0.3) is 0 Å². The van der Waals surface area contributed by atoms with Gasteiger partial charge in [0.15, 0.2) is 0 Å². The summed E-state index contributed by atoms with van der Waals surface area (Å²) in [5.74, 6) is 0.0769. The second kappa shape index (κ2) is 7.59. The summed E-state index contributed by atoms with van der Waals surface area (Å²) in [6.07, 6.45) is 3.93. The van der Waals surface area contributed by atoms with E-state index in [2.05, 4.69) is 12.1 Å². The van der Waals surface area contributed by atoms with Gasteiger partial charge in [0.1, 0.15) is 0 Å². The van der Waals surface area contributed by atoms with Crippen molar-refractivity contribution in [2.75, 3.05) is 26.2 Å². The van der Waals surface area contributed by atoms with E-state index in [-0.39, 0.29) is 17.7 Å². The smallest absolute Gasteiger partial charge is 0.251 e. The number of hydrogen-bond acceptors (Lipinski definition) is 3. The first-order valence-corrected chi connectivity index (χ1v) is 8.50. The molecule has 1 atom stereocenters. The van der Waals surface area contributed by atoms with Crippen molar-refractivity contribution >= 4 is 11.8 Å². The second-order valence-corrected chi connectivity index (χ2v) is 6.29. The van der Waals surface area contributed by atoms with Crippen LogP contribution in [0.15, 0.2) is 30.3 Å². The molecule has 1 aromatic carbocycles. The van der Waals surface area contributed by atoms with Crippen molar-refractivity contribution in [1.82, 2.24) is 9.96 Å². The van der Waals surface area contributed by atoms with Crippen LogP contribution in [0, 0.1) is 5.92 Å². The van der Waals surface area contributed by atoms with E-state index in [9.17, 15) is 9.59 Å². The molecule has 0 radical (unpaired) electrons. The minimum atomic E-state index is -0.124. The van der Waals surface area contributed by atoms with E-state index in [1.165, 1.54) is 10.6 Å². The number of rotatable bonds is 4. The Morgan fingerprint density at radius 3 is 2.78 bits per heavy atom. The van der Waals surface area contributed by atoms with Crippen LogP contribution in [-0.4, -0.2) is 48.0 Å². The first-order valence-electron chi connectivity index (χ1n) is 8.50. The topological polar surface area (TPSA) is 49.9 Å². The Balaban J connectivity index is 1.55. The fraction of sp³-hybridized carbons (Fsp3) is 0.556. The highest BCUT2D eigenvalue weighted by Gasteiger charge is 2.33. The van der Waals surface area contributed by atoms with Crippen LogP contribution < -0.4 is 0 Å². The molecule has 5 heteroatoms. The zero-order valence-electron chi connectivity index (χ0n) is 13.4. The van der Waals surface area contributed by atoms with Crippen molar-refractivity contribution < 1.29 is 14.4 Å². The van der Waals surface area contributed by atoms with E-state index in [0.717, 1.165) is 19.3 Å². The molecule has 0 aliphatic carbocycles. The van der Waals surface area contributed by atoms with Gasteiger partial charge < -0.3 is 4.90 Å². The summed E-state index contributed by atoms with van der Waals surface area (Å²) in [6.45, 7) is 2.49. The Morgan fingerprint density at radius 2 is 2.04 bits per heavy atom. The first-order chi connectivity index (χ1) is 11.2. The zero-order chi connectivity index (χ0) is 16.1. The lowest BCUT2D eigenvalue weighted by atomic mass is 9.96. The average molecular weight is 316 g/mol. The number of likely N-dealkylation sites (tertiary alicyclic amines) is 1. The minimum Gasteiger partial charge on any atom is -0.342 e. The fourth-order valence-electron chi connectivity index (χ4n) is 3.22. The van der Waals surface area contributed by atoms with Crippen molar-refractivity contribution in [3.05, 3.63) is 35.9 Å². The monoisotopic (exact) mass is 316 g/mol. The molecule has 2 aliphatic rings. The normalized spacial score (nSPS) is 22.3. The summed E-state index contributed by atoms with van der Waals surface area (Å²) in [4.78, 5) is 32.0. The van der Waals surface area contributed by atoms with Gasteiger partial charge in [0.05, 0.1) is 12.5 Å². The lowest BCUT2D eigenvalue weighted by molar-refractivity contribution is -0.202. The number of hydrogen-bond donors (Lipinski definition) is 0. The third-order valence-electron chi connectivity index (χ3n) is 4.61. The SMILES string of the molecule is O=C1CC[C@H](C(=O)N2CCCCO2)CN1CCc1ccccc1. The van der Waals surface area contributed by atoms with E-state index >= 15 is 0 Å². The molecule has 0 N–H and O–H groups in total. The average Bonchev–Trinajstić information content (AvgIpc) is 2.62. The van der Waals surface area contributed by atoms with E-state index in [4.69, 9.17) is 4.84 Å². The summed E-state index contributed by atoms with van der Waals surface area (Å²) < 4.78 is 0. The largest absolute Gasteiger partial charge is 0.342 e. The van der Waals surface area contributed by atoms with Gasteiger partial charge in [-0.1, -0.05) is 30.3 Å². The minimum absolute atomic E-state index is 0.0434. The molecular weight excluding hydrogens is 292 g/mol. The molecule has 0 spiro atoms. The number of amides is 2. The van der Waals surface area contributed by atoms with Crippen LogP contribution in [0.2, 0.25) is 0 Å². The first kappa shape index (κ1) is 16.0. The van der Waals surface area contributed by atoms with E-state index < -0.39 is 0 Å². The number of hydroxylamine groups is 2. The van der Waals surface area contributed by atoms with Crippen LogP contribution in [0.1, 0.15) is 31.2 Å². The number of benzene rings is 1. The molecule has 2 fully saturated rings. The molecule has 0 saturated carbocycles. The number of piperidine rings is 1. The third kappa shape index (κ3) is 4.10.